The molecule has 3 heterocycles. The zero-order valence-corrected chi connectivity index (χ0v) is 18.3. The molecule has 2 aromatic heterocycles. The molecule has 1 aliphatic heterocycles. The molecular weight excluding hydrogens is 447 g/mol. The van der Waals surface area contributed by atoms with Gasteiger partial charge >= 0.3 is 0 Å². The molecule has 0 radical (unpaired) electrons. The van der Waals surface area contributed by atoms with Gasteiger partial charge in [0.25, 0.3) is 5.89 Å². The molecule has 0 saturated carbocycles. The number of sulfonamides is 1. The fourth-order valence-electron chi connectivity index (χ4n) is 3.85. The first-order valence-electron chi connectivity index (χ1n) is 10.0. The molecule has 0 unspecified atom stereocenters. The van der Waals surface area contributed by atoms with Gasteiger partial charge in [-0.2, -0.15) is 14.7 Å². The molecule has 2 aromatic carbocycles. The highest BCUT2D eigenvalue weighted by Gasteiger charge is 2.33. The molecule has 1 aliphatic rings. The van der Waals surface area contributed by atoms with Crippen molar-refractivity contribution in [2.75, 3.05) is 6.54 Å². The smallest absolute Gasteiger partial charge is 0.268 e. The molecule has 9 nitrogen and oxygen atoms in total. The number of nitriles is 1. The Morgan fingerprint density at radius 1 is 1.12 bits per heavy atom. The summed E-state index contributed by atoms with van der Waals surface area (Å²) in [4.78, 5) is 0.0619. The van der Waals surface area contributed by atoms with Gasteiger partial charge in [0, 0.05) is 43.4 Å². The fraction of sp³-hybridized carbons (Fsp3) is 0.182. The number of halogens is 1. The summed E-state index contributed by atoms with van der Waals surface area (Å²) >= 11 is 0. The van der Waals surface area contributed by atoms with Crippen LogP contribution in [0.3, 0.4) is 0 Å². The van der Waals surface area contributed by atoms with Crippen molar-refractivity contribution in [3.8, 4) is 29.1 Å². The van der Waals surface area contributed by atoms with E-state index < -0.39 is 10.0 Å². The van der Waals surface area contributed by atoms with Gasteiger partial charge in [-0.3, -0.25) is 4.68 Å². The summed E-state index contributed by atoms with van der Waals surface area (Å²) in [5.74, 6) is -0.0196. The van der Waals surface area contributed by atoms with Gasteiger partial charge in [0.05, 0.1) is 16.5 Å². The van der Waals surface area contributed by atoms with Crippen LogP contribution in [-0.2, 0) is 30.0 Å². The SMILES string of the molecule is Cn1nc(-c2nnc(-c3ccc(F)cc3)o2)c2c1CCN(S(=O)(=O)c1cccc(C#N)c1)C2. The molecule has 5 rings (SSSR count). The van der Waals surface area contributed by atoms with E-state index in [1.807, 2.05) is 6.07 Å². The van der Waals surface area contributed by atoms with Gasteiger partial charge in [-0.05, 0) is 42.5 Å². The molecular formula is C22H17FN6O3S. The summed E-state index contributed by atoms with van der Waals surface area (Å²) in [5, 5.41) is 21.7. The summed E-state index contributed by atoms with van der Waals surface area (Å²) < 4.78 is 48.5. The van der Waals surface area contributed by atoms with Crippen LogP contribution in [0.4, 0.5) is 4.39 Å². The number of nitrogens with zero attached hydrogens (tertiary/aromatic N) is 6. The summed E-state index contributed by atoms with van der Waals surface area (Å²) in [6.45, 7) is 0.349. The first-order valence-corrected chi connectivity index (χ1v) is 11.5. The maximum Gasteiger partial charge on any atom is 0.268 e. The largest absolute Gasteiger partial charge is 0.415 e. The summed E-state index contributed by atoms with van der Waals surface area (Å²) in [7, 11) is -2.05. The number of hydrogen-bond donors (Lipinski definition) is 0. The topological polar surface area (TPSA) is 118 Å². The Morgan fingerprint density at radius 2 is 1.88 bits per heavy atom. The van der Waals surface area contributed by atoms with Crippen LogP contribution >= 0.6 is 0 Å². The Bertz CT molecular complexity index is 1500. The van der Waals surface area contributed by atoms with E-state index in [0.717, 1.165) is 5.69 Å². The Balaban J connectivity index is 1.49. The van der Waals surface area contributed by atoms with E-state index in [4.69, 9.17) is 9.68 Å². The molecule has 4 aromatic rings. The lowest BCUT2D eigenvalue weighted by Crippen LogP contribution is -2.36. The van der Waals surface area contributed by atoms with E-state index in [2.05, 4.69) is 15.3 Å². The van der Waals surface area contributed by atoms with Crippen molar-refractivity contribution in [2.24, 2.45) is 7.05 Å². The molecule has 11 heteroatoms. The fourth-order valence-corrected chi connectivity index (χ4v) is 5.30. The second-order valence-electron chi connectivity index (χ2n) is 7.54. The van der Waals surface area contributed by atoms with Gasteiger partial charge in [-0.25, -0.2) is 12.8 Å². The molecule has 33 heavy (non-hydrogen) atoms. The van der Waals surface area contributed by atoms with Crippen LogP contribution in [0.25, 0.3) is 23.0 Å². The predicted octanol–water partition coefficient (Wildman–Crippen LogP) is 2.89. The standard InChI is InChI=1S/C22H17FN6O3S/c1-28-19-9-10-29(33(30,31)17-4-2-3-14(11-17)12-24)13-18(19)20(27-28)22-26-25-21(32-22)15-5-7-16(23)8-6-15/h2-8,11H,9-10,13H2,1H3. The third-order valence-electron chi connectivity index (χ3n) is 5.53. The average Bonchev–Trinajstić information content (AvgIpc) is 3.44. The lowest BCUT2D eigenvalue weighted by Gasteiger charge is -2.26. The van der Waals surface area contributed by atoms with Crippen molar-refractivity contribution in [1.29, 1.82) is 5.26 Å². The van der Waals surface area contributed by atoms with Crippen LogP contribution in [0.2, 0.25) is 0 Å². The first kappa shape index (κ1) is 21.0. The van der Waals surface area contributed by atoms with Crippen molar-refractivity contribution >= 4 is 10.0 Å². The van der Waals surface area contributed by atoms with E-state index in [-0.39, 0.29) is 41.1 Å². The Hall–Kier alpha value is -3.88. The minimum absolute atomic E-state index is 0.0619. The van der Waals surface area contributed by atoms with Gasteiger partial charge in [0.1, 0.15) is 5.82 Å². The number of fused-ring (bicyclic) bond motifs is 1. The Labute approximate surface area is 188 Å². The van der Waals surface area contributed by atoms with Crippen LogP contribution in [0.5, 0.6) is 0 Å². The molecule has 0 N–H and O–H groups in total. The molecule has 0 atom stereocenters. The highest BCUT2D eigenvalue weighted by atomic mass is 32.2. The molecule has 0 aliphatic carbocycles. The number of hydrogen-bond acceptors (Lipinski definition) is 7. The lowest BCUT2D eigenvalue weighted by molar-refractivity contribution is 0.386. The summed E-state index contributed by atoms with van der Waals surface area (Å²) in [6.07, 6.45) is 0.453. The van der Waals surface area contributed by atoms with Crippen LogP contribution in [-0.4, -0.2) is 39.2 Å². The molecule has 0 saturated heterocycles. The van der Waals surface area contributed by atoms with Crippen molar-refractivity contribution in [3.05, 3.63) is 71.2 Å². The van der Waals surface area contributed by atoms with Gasteiger partial charge in [0.15, 0.2) is 5.69 Å². The van der Waals surface area contributed by atoms with E-state index in [0.29, 0.717) is 23.2 Å². The Morgan fingerprint density at radius 3 is 2.64 bits per heavy atom. The van der Waals surface area contributed by atoms with E-state index in [9.17, 15) is 12.8 Å². The number of rotatable bonds is 4. The molecule has 0 fully saturated rings. The number of aryl methyl sites for hydroxylation is 1. The summed E-state index contributed by atoms with van der Waals surface area (Å²) in [5.41, 5.74) is 2.79. The number of aromatic nitrogens is 4. The second-order valence-corrected chi connectivity index (χ2v) is 9.48. The predicted molar refractivity (Wildman–Crippen MR) is 114 cm³/mol. The quantitative estimate of drug-likeness (QED) is 0.456. The maximum atomic E-state index is 13.2. The third kappa shape index (κ3) is 3.69. The Kier molecular flexibility index (Phi) is 5.03. The minimum Gasteiger partial charge on any atom is -0.415 e. The van der Waals surface area contributed by atoms with E-state index in [1.165, 1.54) is 40.7 Å². The van der Waals surface area contributed by atoms with Crippen molar-refractivity contribution in [3.63, 3.8) is 0 Å². The summed E-state index contributed by atoms with van der Waals surface area (Å²) in [6, 6.07) is 13.6. The molecule has 0 bridgehead atoms. The first-order chi connectivity index (χ1) is 15.9. The van der Waals surface area contributed by atoms with Crippen molar-refractivity contribution in [1.82, 2.24) is 24.3 Å². The zero-order valence-electron chi connectivity index (χ0n) is 17.4. The lowest BCUT2D eigenvalue weighted by atomic mass is 10.1. The highest BCUT2D eigenvalue weighted by molar-refractivity contribution is 7.89. The molecule has 0 spiro atoms. The van der Waals surface area contributed by atoms with Crippen LogP contribution in [0.1, 0.15) is 16.8 Å². The normalized spacial score (nSPS) is 14.1. The molecule has 0 amide bonds. The van der Waals surface area contributed by atoms with Crippen LogP contribution in [0.15, 0.2) is 57.8 Å². The third-order valence-corrected chi connectivity index (χ3v) is 7.37. The minimum atomic E-state index is -3.83. The maximum absolute atomic E-state index is 13.2. The van der Waals surface area contributed by atoms with Gasteiger partial charge < -0.3 is 4.42 Å². The second kappa shape index (κ2) is 7.91. The van der Waals surface area contributed by atoms with Gasteiger partial charge in [-0.1, -0.05) is 6.07 Å². The van der Waals surface area contributed by atoms with Gasteiger partial charge in [-0.15, -0.1) is 10.2 Å². The highest BCUT2D eigenvalue weighted by Crippen LogP contribution is 2.33. The van der Waals surface area contributed by atoms with E-state index in [1.54, 1.807) is 23.9 Å². The zero-order chi connectivity index (χ0) is 23.2. The monoisotopic (exact) mass is 464 g/mol. The van der Waals surface area contributed by atoms with Crippen molar-refractivity contribution in [2.45, 2.75) is 17.9 Å². The van der Waals surface area contributed by atoms with Crippen molar-refractivity contribution < 1.29 is 17.2 Å². The van der Waals surface area contributed by atoms with Gasteiger partial charge in [0.2, 0.25) is 15.9 Å². The van der Waals surface area contributed by atoms with E-state index >= 15 is 0 Å². The van der Waals surface area contributed by atoms with Crippen LogP contribution < -0.4 is 0 Å². The van der Waals surface area contributed by atoms with Crippen LogP contribution in [0, 0.1) is 17.1 Å². The average molecular weight is 464 g/mol. The molecule has 166 valence electrons. The number of benzene rings is 2.